The van der Waals surface area contributed by atoms with Crippen molar-refractivity contribution >= 4 is 51.5 Å². The first-order valence-corrected chi connectivity index (χ1v) is 13.0. The van der Waals surface area contributed by atoms with Gasteiger partial charge < -0.3 is 14.6 Å². The Bertz CT molecular complexity index is 1530. The van der Waals surface area contributed by atoms with Crippen molar-refractivity contribution in [1.29, 1.82) is 0 Å². The van der Waals surface area contributed by atoms with Crippen molar-refractivity contribution in [3.05, 3.63) is 93.0 Å². The summed E-state index contributed by atoms with van der Waals surface area (Å²) in [7, 11) is 0. The average Bonchev–Trinajstić information content (AvgIpc) is 3.54. The van der Waals surface area contributed by atoms with E-state index in [-0.39, 0.29) is 34.1 Å². The van der Waals surface area contributed by atoms with Crippen molar-refractivity contribution in [2.75, 3.05) is 11.5 Å². The van der Waals surface area contributed by atoms with E-state index >= 15 is 0 Å². The van der Waals surface area contributed by atoms with Crippen molar-refractivity contribution in [3.8, 4) is 5.75 Å². The van der Waals surface area contributed by atoms with Gasteiger partial charge in [-0.2, -0.15) is 0 Å². The van der Waals surface area contributed by atoms with Crippen LogP contribution in [0.2, 0.25) is 5.02 Å². The molecule has 5 rings (SSSR count). The van der Waals surface area contributed by atoms with Gasteiger partial charge in [-0.15, -0.1) is 0 Å². The Morgan fingerprint density at radius 2 is 2.11 bits per heavy atom. The number of Topliss-reactive ketones (excluding diaryl/α,β-unsaturated/α-hetero) is 1. The minimum Gasteiger partial charge on any atom is -0.507 e. The SMILES string of the molecule is C=CCOC(=O)c1sc(N2C(=O)C(=O)/C(=C(/O)c3ccc4c(c3)CC(C)O4)C2c2cccc(Cl)c2)nc1C. The molecule has 0 radical (unpaired) electrons. The van der Waals surface area contributed by atoms with Crippen LogP contribution < -0.4 is 9.64 Å². The van der Waals surface area contributed by atoms with E-state index in [4.69, 9.17) is 21.1 Å². The number of ketones is 1. The number of amides is 1. The molecule has 3 aromatic rings. The second-order valence-electron chi connectivity index (χ2n) is 8.98. The maximum Gasteiger partial charge on any atom is 0.350 e. The van der Waals surface area contributed by atoms with Gasteiger partial charge in [-0.3, -0.25) is 14.5 Å². The number of aliphatic hydroxyl groups is 1. The number of carbonyl (C=O) groups is 3. The Morgan fingerprint density at radius 3 is 2.84 bits per heavy atom. The van der Waals surface area contributed by atoms with E-state index in [0.29, 0.717) is 28.3 Å². The van der Waals surface area contributed by atoms with Crippen LogP contribution >= 0.6 is 22.9 Å². The summed E-state index contributed by atoms with van der Waals surface area (Å²) < 4.78 is 10.9. The van der Waals surface area contributed by atoms with E-state index in [9.17, 15) is 19.5 Å². The Morgan fingerprint density at radius 1 is 1.32 bits per heavy atom. The van der Waals surface area contributed by atoms with Crippen LogP contribution in [0, 0.1) is 6.92 Å². The maximum atomic E-state index is 13.4. The summed E-state index contributed by atoms with van der Waals surface area (Å²) in [6.45, 7) is 7.11. The fourth-order valence-corrected chi connectivity index (χ4v) is 5.81. The van der Waals surface area contributed by atoms with Crippen LogP contribution in [-0.2, 0) is 20.7 Å². The third-order valence-corrected chi connectivity index (χ3v) is 7.66. The lowest BCUT2D eigenvalue weighted by Crippen LogP contribution is -2.29. The number of anilines is 1. The van der Waals surface area contributed by atoms with Crippen molar-refractivity contribution in [2.45, 2.75) is 32.4 Å². The van der Waals surface area contributed by atoms with Crippen molar-refractivity contribution in [3.63, 3.8) is 0 Å². The van der Waals surface area contributed by atoms with Crippen LogP contribution in [0.1, 0.15) is 45.0 Å². The molecule has 194 valence electrons. The normalized spacial score (nSPS) is 19.8. The molecule has 1 fully saturated rings. The number of fused-ring (bicyclic) bond motifs is 1. The number of aryl methyl sites for hydroxylation is 1. The number of carbonyl (C=O) groups excluding carboxylic acids is 3. The highest BCUT2D eigenvalue weighted by molar-refractivity contribution is 7.17. The third kappa shape index (κ3) is 4.48. The molecule has 2 aliphatic rings. The minimum absolute atomic E-state index is 0.0000508. The van der Waals surface area contributed by atoms with Gasteiger partial charge >= 0.3 is 11.9 Å². The van der Waals surface area contributed by atoms with E-state index < -0.39 is 23.7 Å². The van der Waals surface area contributed by atoms with Gasteiger partial charge in [0.1, 0.15) is 29.1 Å². The van der Waals surface area contributed by atoms with Crippen LogP contribution in [-0.4, -0.2) is 40.5 Å². The largest absolute Gasteiger partial charge is 0.507 e. The van der Waals surface area contributed by atoms with Crippen LogP contribution in [0.5, 0.6) is 5.75 Å². The second kappa shape index (κ2) is 10.1. The summed E-state index contributed by atoms with van der Waals surface area (Å²) in [4.78, 5) is 45.2. The predicted octanol–water partition coefficient (Wildman–Crippen LogP) is 5.40. The fraction of sp³-hybridized carbons (Fsp3) is 0.214. The van der Waals surface area contributed by atoms with Gasteiger partial charge in [-0.25, -0.2) is 9.78 Å². The fourth-order valence-electron chi connectivity index (χ4n) is 4.62. The molecule has 2 aromatic carbocycles. The summed E-state index contributed by atoms with van der Waals surface area (Å²) >= 11 is 7.20. The number of hydrogen-bond acceptors (Lipinski definition) is 8. The highest BCUT2D eigenvalue weighted by atomic mass is 35.5. The number of rotatable bonds is 6. The van der Waals surface area contributed by atoms with Gasteiger partial charge in [-0.1, -0.05) is 47.7 Å². The first-order valence-electron chi connectivity index (χ1n) is 11.8. The maximum absolute atomic E-state index is 13.4. The molecule has 0 saturated carbocycles. The Labute approximate surface area is 227 Å². The molecule has 1 amide bonds. The molecular formula is C28H23ClN2O6S. The first kappa shape index (κ1) is 25.7. The molecule has 0 aliphatic carbocycles. The van der Waals surface area contributed by atoms with Gasteiger partial charge in [0.15, 0.2) is 5.13 Å². The lowest BCUT2D eigenvalue weighted by atomic mass is 9.94. The molecule has 2 atom stereocenters. The van der Waals surface area contributed by atoms with Gasteiger partial charge in [0.05, 0.1) is 17.3 Å². The summed E-state index contributed by atoms with van der Waals surface area (Å²) in [5.74, 6) is -1.97. The number of aromatic nitrogens is 1. The highest BCUT2D eigenvalue weighted by Gasteiger charge is 2.48. The predicted molar refractivity (Wildman–Crippen MR) is 144 cm³/mol. The van der Waals surface area contributed by atoms with Crippen LogP contribution in [0.25, 0.3) is 5.76 Å². The summed E-state index contributed by atoms with van der Waals surface area (Å²) in [6, 6.07) is 10.8. The number of nitrogens with zero attached hydrogens (tertiary/aromatic N) is 2. The highest BCUT2D eigenvalue weighted by Crippen LogP contribution is 2.45. The van der Waals surface area contributed by atoms with E-state index in [1.807, 2.05) is 6.92 Å². The lowest BCUT2D eigenvalue weighted by Gasteiger charge is -2.23. The molecule has 38 heavy (non-hydrogen) atoms. The molecule has 0 bridgehead atoms. The number of aliphatic hydroxyl groups excluding tert-OH is 1. The van der Waals surface area contributed by atoms with E-state index in [1.165, 1.54) is 11.0 Å². The second-order valence-corrected chi connectivity index (χ2v) is 10.4. The topological polar surface area (TPSA) is 106 Å². The number of benzene rings is 2. The molecular weight excluding hydrogens is 528 g/mol. The first-order chi connectivity index (χ1) is 18.2. The Balaban J connectivity index is 1.65. The van der Waals surface area contributed by atoms with Gasteiger partial charge in [0.25, 0.3) is 5.78 Å². The number of esters is 1. The van der Waals surface area contributed by atoms with Crippen LogP contribution in [0.4, 0.5) is 5.13 Å². The zero-order chi connectivity index (χ0) is 27.1. The van der Waals surface area contributed by atoms with Crippen molar-refractivity contribution in [1.82, 2.24) is 4.98 Å². The van der Waals surface area contributed by atoms with Crippen LogP contribution in [0.15, 0.2) is 60.7 Å². The van der Waals surface area contributed by atoms with Gasteiger partial charge in [0.2, 0.25) is 0 Å². The molecule has 1 aromatic heterocycles. The average molecular weight is 551 g/mol. The molecule has 2 unspecified atom stereocenters. The summed E-state index contributed by atoms with van der Waals surface area (Å²) in [5.41, 5.74) is 2.02. The number of halogens is 1. The molecule has 1 N–H and O–H groups in total. The molecule has 8 nitrogen and oxygen atoms in total. The number of hydrogen-bond donors (Lipinski definition) is 1. The van der Waals surface area contributed by atoms with Crippen LogP contribution in [0.3, 0.4) is 0 Å². The van der Waals surface area contributed by atoms with E-state index in [0.717, 1.165) is 22.6 Å². The quantitative estimate of drug-likeness (QED) is 0.144. The summed E-state index contributed by atoms with van der Waals surface area (Å²) in [6.07, 6.45) is 2.10. The van der Waals surface area contributed by atoms with Gasteiger partial charge in [0, 0.05) is 17.0 Å². The Hall–Kier alpha value is -3.95. The molecule has 10 heteroatoms. The number of ether oxygens (including phenoxy) is 2. The van der Waals surface area contributed by atoms with Gasteiger partial charge in [-0.05, 0) is 55.3 Å². The monoisotopic (exact) mass is 550 g/mol. The van der Waals surface area contributed by atoms with E-state index in [1.54, 1.807) is 49.4 Å². The lowest BCUT2D eigenvalue weighted by molar-refractivity contribution is -0.132. The molecule has 0 spiro atoms. The molecule has 2 aliphatic heterocycles. The Kier molecular flexibility index (Phi) is 6.81. The van der Waals surface area contributed by atoms with E-state index in [2.05, 4.69) is 11.6 Å². The molecule has 1 saturated heterocycles. The third-order valence-electron chi connectivity index (χ3n) is 6.29. The molecule has 3 heterocycles. The standard InChI is InChI=1S/C28H23ClN2O6S/c1-4-10-36-27(35)25-15(3)30-28(38-25)31-22(16-6-5-7-19(29)13-16)21(24(33)26(31)34)23(32)17-8-9-20-18(12-17)11-14(2)37-20/h4-9,12-14,22,32H,1,10-11H2,2-3H3/b23-21+. The summed E-state index contributed by atoms with van der Waals surface area (Å²) in [5, 5.41) is 11.9. The van der Waals surface area contributed by atoms with Crippen molar-refractivity contribution < 1.29 is 29.0 Å². The zero-order valence-corrected chi connectivity index (χ0v) is 22.1. The minimum atomic E-state index is -1.03. The number of thiazole rings is 1. The van der Waals surface area contributed by atoms with Crippen molar-refractivity contribution in [2.24, 2.45) is 0 Å². The smallest absolute Gasteiger partial charge is 0.350 e. The zero-order valence-electron chi connectivity index (χ0n) is 20.6.